The smallest absolute Gasteiger partial charge is 0.422 e. The van der Waals surface area contributed by atoms with Crippen molar-refractivity contribution >= 4 is 23.3 Å². The zero-order valence-electron chi connectivity index (χ0n) is 16.1. The molecule has 3 rings (SSSR count). The van der Waals surface area contributed by atoms with Crippen LogP contribution >= 0.6 is 0 Å². The average Bonchev–Trinajstić information content (AvgIpc) is 2.73. The summed E-state index contributed by atoms with van der Waals surface area (Å²) in [5.41, 5.74) is 0.822. The normalized spacial score (nSPS) is 16.6. The van der Waals surface area contributed by atoms with E-state index >= 15 is 0 Å². The standard InChI is InChI=1S/C21H22F3N3O3/c22-21(23,24)14-30-18-11-5-4-10-17(18)26-19(28)15-7-6-12-27(13-15)20(29)25-16-8-2-1-3-9-16/h1-5,8-11,15H,6-7,12-14H2,(H,25,29)(H,26,28)/t15-/m1/s1. The number of rotatable bonds is 5. The van der Waals surface area contributed by atoms with Gasteiger partial charge in [0.1, 0.15) is 5.75 Å². The van der Waals surface area contributed by atoms with Gasteiger partial charge >= 0.3 is 12.2 Å². The topological polar surface area (TPSA) is 70.7 Å². The lowest BCUT2D eigenvalue weighted by Gasteiger charge is -2.32. The van der Waals surface area contributed by atoms with E-state index in [1.807, 2.05) is 6.07 Å². The number of piperidine rings is 1. The molecule has 160 valence electrons. The molecule has 9 heteroatoms. The fourth-order valence-electron chi connectivity index (χ4n) is 3.19. The number of nitrogens with zero attached hydrogens (tertiary/aromatic N) is 1. The number of likely N-dealkylation sites (tertiary alicyclic amines) is 1. The van der Waals surface area contributed by atoms with Crippen molar-refractivity contribution < 1.29 is 27.5 Å². The van der Waals surface area contributed by atoms with Gasteiger partial charge in [-0.2, -0.15) is 13.2 Å². The number of halogens is 3. The maximum absolute atomic E-state index is 12.7. The van der Waals surface area contributed by atoms with Crippen LogP contribution in [0, 0.1) is 5.92 Å². The highest BCUT2D eigenvalue weighted by molar-refractivity contribution is 5.95. The Morgan fingerprint density at radius 3 is 2.47 bits per heavy atom. The highest BCUT2D eigenvalue weighted by Crippen LogP contribution is 2.28. The largest absolute Gasteiger partial charge is 0.482 e. The lowest BCUT2D eigenvalue weighted by molar-refractivity contribution is -0.153. The van der Waals surface area contributed by atoms with Crippen LogP contribution < -0.4 is 15.4 Å². The Balaban J connectivity index is 1.60. The van der Waals surface area contributed by atoms with Gasteiger partial charge in [-0.1, -0.05) is 30.3 Å². The van der Waals surface area contributed by atoms with Gasteiger partial charge in [-0.3, -0.25) is 4.79 Å². The van der Waals surface area contributed by atoms with Gasteiger partial charge in [0, 0.05) is 18.8 Å². The summed E-state index contributed by atoms with van der Waals surface area (Å²) >= 11 is 0. The van der Waals surface area contributed by atoms with Gasteiger partial charge in [0.25, 0.3) is 0 Å². The molecule has 6 nitrogen and oxygen atoms in total. The summed E-state index contributed by atoms with van der Waals surface area (Å²) in [5, 5.41) is 5.43. The number of benzene rings is 2. The van der Waals surface area contributed by atoms with Crippen LogP contribution in [0.2, 0.25) is 0 Å². The number of amides is 3. The average molecular weight is 421 g/mol. The fourth-order valence-corrected chi connectivity index (χ4v) is 3.19. The number of nitrogens with one attached hydrogen (secondary N) is 2. The van der Waals surface area contributed by atoms with E-state index in [1.165, 1.54) is 18.2 Å². The van der Waals surface area contributed by atoms with Crippen LogP contribution in [-0.4, -0.2) is 42.7 Å². The summed E-state index contributed by atoms with van der Waals surface area (Å²) in [6.07, 6.45) is -3.26. The van der Waals surface area contributed by atoms with E-state index in [1.54, 1.807) is 35.2 Å². The summed E-state index contributed by atoms with van der Waals surface area (Å²) in [6, 6.07) is 14.6. The zero-order valence-corrected chi connectivity index (χ0v) is 16.1. The first-order chi connectivity index (χ1) is 14.3. The molecule has 0 bridgehead atoms. The molecular formula is C21H22F3N3O3. The van der Waals surface area contributed by atoms with Crippen molar-refractivity contribution in [3.8, 4) is 5.75 Å². The third-order valence-corrected chi connectivity index (χ3v) is 4.64. The molecule has 1 saturated heterocycles. The first kappa shape index (κ1) is 21.5. The number of hydrogen-bond donors (Lipinski definition) is 2. The summed E-state index contributed by atoms with van der Waals surface area (Å²) < 4.78 is 42.1. The zero-order chi connectivity index (χ0) is 21.6. The Bertz CT molecular complexity index is 875. The van der Waals surface area contributed by atoms with E-state index in [9.17, 15) is 22.8 Å². The number of alkyl halides is 3. The van der Waals surface area contributed by atoms with Crippen LogP contribution in [0.15, 0.2) is 54.6 Å². The molecule has 2 N–H and O–H groups in total. The second kappa shape index (κ2) is 9.51. The quantitative estimate of drug-likeness (QED) is 0.746. The van der Waals surface area contributed by atoms with Gasteiger partial charge in [0.05, 0.1) is 11.6 Å². The maximum atomic E-state index is 12.7. The van der Waals surface area contributed by atoms with Crippen LogP contribution in [0.5, 0.6) is 5.75 Å². The Morgan fingerprint density at radius 2 is 1.73 bits per heavy atom. The first-order valence-electron chi connectivity index (χ1n) is 9.52. The Morgan fingerprint density at radius 1 is 1.03 bits per heavy atom. The van der Waals surface area contributed by atoms with Crippen molar-refractivity contribution in [3.05, 3.63) is 54.6 Å². The third-order valence-electron chi connectivity index (χ3n) is 4.64. The molecule has 0 aromatic heterocycles. The Hall–Kier alpha value is -3.23. The van der Waals surface area contributed by atoms with Crippen LogP contribution in [0.4, 0.5) is 29.3 Å². The molecule has 0 aliphatic carbocycles. The van der Waals surface area contributed by atoms with Gasteiger partial charge in [0.15, 0.2) is 6.61 Å². The minimum Gasteiger partial charge on any atom is -0.482 e. The summed E-state index contributed by atoms with van der Waals surface area (Å²) in [6.45, 7) is -0.708. The summed E-state index contributed by atoms with van der Waals surface area (Å²) in [7, 11) is 0. The van der Waals surface area contributed by atoms with Crippen LogP contribution in [0.3, 0.4) is 0 Å². The summed E-state index contributed by atoms with van der Waals surface area (Å²) in [5.74, 6) is -0.899. The molecule has 1 fully saturated rings. The molecule has 2 aromatic carbocycles. The Kier molecular flexibility index (Phi) is 6.81. The minimum absolute atomic E-state index is 0.0577. The van der Waals surface area contributed by atoms with Gasteiger partial charge in [-0.15, -0.1) is 0 Å². The van der Waals surface area contributed by atoms with E-state index in [2.05, 4.69) is 10.6 Å². The molecule has 3 amide bonds. The predicted octanol–water partition coefficient (Wildman–Crippen LogP) is 4.51. The lowest BCUT2D eigenvalue weighted by atomic mass is 9.97. The minimum atomic E-state index is -4.48. The number of hydrogen-bond acceptors (Lipinski definition) is 3. The molecular weight excluding hydrogens is 399 g/mol. The van der Waals surface area contributed by atoms with Crippen LogP contribution in [0.25, 0.3) is 0 Å². The highest BCUT2D eigenvalue weighted by Gasteiger charge is 2.30. The lowest BCUT2D eigenvalue weighted by Crippen LogP contribution is -2.45. The van der Waals surface area contributed by atoms with Crippen molar-refractivity contribution in [1.29, 1.82) is 0 Å². The molecule has 1 aliphatic rings. The van der Waals surface area contributed by atoms with E-state index in [-0.39, 0.29) is 29.9 Å². The molecule has 0 spiro atoms. The number of anilines is 2. The highest BCUT2D eigenvalue weighted by atomic mass is 19.4. The first-order valence-corrected chi connectivity index (χ1v) is 9.52. The number of carbonyl (C=O) groups excluding carboxylic acids is 2. The molecule has 1 atom stereocenters. The van der Waals surface area contributed by atoms with Crippen molar-refractivity contribution in [2.75, 3.05) is 30.3 Å². The van der Waals surface area contributed by atoms with Gasteiger partial charge in [0.2, 0.25) is 5.91 Å². The second-order valence-corrected chi connectivity index (χ2v) is 6.97. The SMILES string of the molecule is O=C(Nc1ccccc1OCC(F)(F)F)[C@@H]1CCCN(C(=O)Nc2ccccc2)C1. The van der Waals surface area contributed by atoms with E-state index < -0.39 is 18.7 Å². The number of ether oxygens (including phenoxy) is 1. The van der Waals surface area contributed by atoms with E-state index in [0.29, 0.717) is 25.1 Å². The molecule has 0 unspecified atom stereocenters. The predicted molar refractivity (Wildman–Crippen MR) is 106 cm³/mol. The van der Waals surface area contributed by atoms with Gasteiger partial charge in [-0.05, 0) is 37.1 Å². The van der Waals surface area contributed by atoms with Crippen molar-refractivity contribution in [3.63, 3.8) is 0 Å². The van der Waals surface area contributed by atoms with E-state index in [4.69, 9.17) is 4.74 Å². The van der Waals surface area contributed by atoms with Gasteiger partial charge < -0.3 is 20.3 Å². The van der Waals surface area contributed by atoms with Crippen molar-refractivity contribution in [2.45, 2.75) is 19.0 Å². The van der Waals surface area contributed by atoms with Crippen LogP contribution in [-0.2, 0) is 4.79 Å². The molecule has 0 saturated carbocycles. The molecule has 2 aromatic rings. The summed E-state index contributed by atoms with van der Waals surface area (Å²) in [4.78, 5) is 26.7. The van der Waals surface area contributed by atoms with Crippen molar-refractivity contribution in [2.24, 2.45) is 5.92 Å². The van der Waals surface area contributed by atoms with E-state index in [0.717, 1.165) is 0 Å². The van der Waals surface area contributed by atoms with Crippen molar-refractivity contribution in [1.82, 2.24) is 4.90 Å². The maximum Gasteiger partial charge on any atom is 0.422 e. The molecule has 0 radical (unpaired) electrons. The Labute approximate surface area is 172 Å². The van der Waals surface area contributed by atoms with Gasteiger partial charge in [-0.25, -0.2) is 4.79 Å². The number of carbonyl (C=O) groups is 2. The monoisotopic (exact) mass is 421 g/mol. The third kappa shape index (κ3) is 6.13. The molecule has 1 aliphatic heterocycles. The fraction of sp³-hybridized carbons (Fsp3) is 0.333. The van der Waals surface area contributed by atoms with Crippen LogP contribution in [0.1, 0.15) is 12.8 Å². The molecule has 30 heavy (non-hydrogen) atoms. The molecule has 1 heterocycles. The number of para-hydroxylation sites is 3. The second-order valence-electron chi connectivity index (χ2n) is 6.97. The number of urea groups is 1.